The Kier molecular flexibility index (Phi) is 5.42. The molecule has 2 amide bonds. The number of nitrogens with zero attached hydrogens (tertiary/aromatic N) is 2. The van der Waals surface area contributed by atoms with Gasteiger partial charge in [-0.2, -0.15) is 0 Å². The third kappa shape index (κ3) is 3.78. The maximum atomic E-state index is 13.6. The minimum Gasteiger partial charge on any atom is -0.497 e. The average Bonchev–Trinajstić information content (AvgIpc) is 3.37. The van der Waals surface area contributed by atoms with Gasteiger partial charge in [-0.3, -0.25) is 14.5 Å². The number of imide groups is 1. The second-order valence-corrected chi connectivity index (χ2v) is 8.12. The Bertz CT molecular complexity index is 1250. The predicted molar refractivity (Wildman–Crippen MR) is 124 cm³/mol. The first kappa shape index (κ1) is 20.9. The van der Waals surface area contributed by atoms with Crippen molar-refractivity contribution in [2.24, 2.45) is 0 Å². The van der Waals surface area contributed by atoms with Crippen molar-refractivity contribution in [1.29, 1.82) is 0 Å². The number of anilines is 1. The van der Waals surface area contributed by atoms with Crippen LogP contribution in [0.4, 0.5) is 10.1 Å². The van der Waals surface area contributed by atoms with Gasteiger partial charge in [0.1, 0.15) is 17.3 Å². The highest BCUT2D eigenvalue weighted by atomic mass is 19.1. The van der Waals surface area contributed by atoms with Gasteiger partial charge in [0.15, 0.2) is 0 Å². The molecular formula is C27H23FN2O3. The van der Waals surface area contributed by atoms with Crippen molar-refractivity contribution in [2.45, 2.75) is 12.8 Å². The summed E-state index contributed by atoms with van der Waals surface area (Å²) in [4.78, 5) is 30.4. The zero-order valence-electron chi connectivity index (χ0n) is 18.3. The number of methoxy groups -OCH3 is 1. The summed E-state index contributed by atoms with van der Waals surface area (Å²) in [6.45, 7) is 0.862. The fourth-order valence-electron chi connectivity index (χ4n) is 4.50. The second kappa shape index (κ2) is 8.54. The maximum absolute atomic E-state index is 13.6. The third-order valence-corrected chi connectivity index (χ3v) is 6.22. The molecule has 0 bridgehead atoms. The molecule has 0 N–H and O–H groups in total. The molecule has 0 aliphatic carbocycles. The van der Waals surface area contributed by atoms with Gasteiger partial charge >= 0.3 is 0 Å². The summed E-state index contributed by atoms with van der Waals surface area (Å²) < 4.78 is 18.5. The molecule has 0 atom stereocenters. The summed E-state index contributed by atoms with van der Waals surface area (Å²) in [7, 11) is 1.59. The van der Waals surface area contributed by atoms with Crippen molar-refractivity contribution >= 4 is 23.1 Å². The Morgan fingerprint density at radius 2 is 1.64 bits per heavy atom. The molecule has 166 valence electrons. The Balaban J connectivity index is 1.52. The van der Waals surface area contributed by atoms with E-state index in [0.717, 1.165) is 23.2 Å². The van der Waals surface area contributed by atoms with Crippen LogP contribution < -0.4 is 9.64 Å². The number of hydrogen-bond donors (Lipinski definition) is 0. The zero-order chi connectivity index (χ0) is 22.9. The predicted octanol–water partition coefficient (Wildman–Crippen LogP) is 4.22. The van der Waals surface area contributed by atoms with E-state index in [4.69, 9.17) is 4.74 Å². The molecule has 0 unspecified atom stereocenters. The third-order valence-electron chi connectivity index (χ3n) is 6.22. The van der Waals surface area contributed by atoms with E-state index in [0.29, 0.717) is 35.5 Å². The van der Waals surface area contributed by atoms with E-state index >= 15 is 0 Å². The number of para-hydroxylation sites is 1. The van der Waals surface area contributed by atoms with Crippen molar-refractivity contribution in [3.05, 3.63) is 101 Å². The number of ether oxygens (including phenoxy) is 1. The largest absolute Gasteiger partial charge is 0.497 e. The fraction of sp³-hybridized carbons (Fsp3) is 0.185. The summed E-state index contributed by atoms with van der Waals surface area (Å²) >= 11 is 0. The van der Waals surface area contributed by atoms with Crippen molar-refractivity contribution in [3.8, 4) is 5.75 Å². The number of rotatable bonds is 6. The fourth-order valence-corrected chi connectivity index (χ4v) is 4.50. The topological polar surface area (TPSA) is 49.9 Å². The highest BCUT2D eigenvalue weighted by molar-refractivity contribution is 6.36. The molecule has 2 heterocycles. The molecule has 6 heteroatoms. The number of halogens is 1. The second-order valence-electron chi connectivity index (χ2n) is 8.12. The molecule has 33 heavy (non-hydrogen) atoms. The molecule has 0 saturated carbocycles. The highest BCUT2D eigenvalue weighted by Gasteiger charge is 2.43. The van der Waals surface area contributed by atoms with E-state index in [1.54, 1.807) is 31.4 Å². The van der Waals surface area contributed by atoms with Gasteiger partial charge in [-0.1, -0.05) is 42.5 Å². The van der Waals surface area contributed by atoms with Crippen molar-refractivity contribution in [2.75, 3.05) is 25.1 Å². The Labute approximate surface area is 191 Å². The van der Waals surface area contributed by atoms with Crippen LogP contribution in [-0.2, 0) is 22.4 Å². The number of benzene rings is 3. The smallest absolute Gasteiger partial charge is 0.278 e. The standard InChI is InChI=1S/C27H23FN2O3/c1-33-22-12-8-20(9-13-22)24-25(29-17-15-19-4-2-3-5-23(19)29)27(32)30(26(24)31)16-14-18-6-10-21(28)11-7-18/h2-13H,14-17H2,1H3. The summed E-state index contributed by atoms with van der Waals surface area (Å²) in [5.74, 6) is -0.251. The van der Waals surface area contributed by atoms with Crippen LogP contribution in [0.2, 0.25) is 0 Å². The molecule has 0 spiro atoms. The summed E-state index contributed by atoms with van der Waals surface area (Å²) in [5, 5.41) is 0. The first-order valence-corrected chi connectivity index (χ1v) is 10.9. The maximum Gasteiger partial charge on any atom is 0.278 e. The van der Waals surface area contributed by atoms with Crippen molar-refractivity contribution < 1.29 is 18.7 Å². The molecule has 5 rings (SSSR count). The van der Waals surface area contributed by atoms with Gasteiger partial charge in [-0.15, -0.1) is 0 Å². The minimum atomic E-state index is -0.314. The van der Waals surface area contributed by atoms with Gasteiger partial charge in [-0.05, 0) is 59.9 Å². The molecule has 2 aliphatic heterocycles. The molecule has 5 nitrogen and oxygen atoms in total. The number of hydrogen-bond acceptors (Lipinski definition) is 4. The average molecular weight is 442 g/mol. The number of carbonyl (C=O) groups excluding carboxylic acids is 2. The molecule has 0 saturated heterocycles. The summed E-state index contributed by atoms with van der Waals surface area (Å²) in [5.41, 5.74) is 4.47. The normalized spacial score (nSPS) is 15.5. The molecule has 0 fully saturated rings. The first-order valence-electron chi connectivity index (χ1n) is 10.9. The van der Waals surface area contributed by atoms with Crippen LogP contribution in [0.3, 0.4) is 0 Å². The van der Waals surface area contributed by atoms with Crippen LogP contribution in [0, 0.1) is 5.82 Å². The van der Waals surface area contributed by atoms with Crippen LogP contribution in [0.15, 0.2) is 78.5 Å². The number of carbonyl (C=O) groups is 2. The van der Waals surface area contributed by atoms with Gasteiger partial charge in [0, 0.05) is 18.8 Å². The van der Waals surface area contributed by atoms with E-state index in [2.05, 4.69) is 6.07 Å². The quantitative estimate of drug-likeness (QED) is 0.537. The summed E-state index contributed by atoms with van der Waals surface area (Å²) in [6.07, 6.45) is 1.27. The monoisotopic (exact) mass is 442 g/mol. The molecule has 0 aromatic heterocycles. The lowest BCUT2D eigenvalue weighted by Gasteiger charge is -2.22. The van der Waals surface area contributed by atoms with Crippen LogP contribution in [0.1, 0.15) is 16.7 Å². The molecule has 0 radical (unpaired) electrons. The molecule has 3 aromatic carbocycles. The van der Waals surface area contributed by atoms with Crippen molar-refractivity contribution in [1.82, 2.24) is 4.90 Å². The molecule has 2 aliphatic rings. The van der Waals surface area contributed by atoms with Gasteiger partial charge in [0.2, 0.25) is 0 Å². The lowest BCUT2D eigenvalue weighted by Crippen LogP contribution is -2.36. The molecular weight excluding hydrogens is 419 g/mol. The van der Waals surface area contributed by atoms with Crippen LogP contribution in [-0.4, -0.2) is 36.9 Å². The van der Waals surface area contributed by atoms with E-state index in [-0.39, 0.29) is 24.2 Å². The van der Waals surface area contributed by atoms with Crippen molar-refractivity contribution in [3.63, 3.8) is 0 Å². The first-order chi connectivity index (χ1) is 16.1. The number of fused-ring (bicyclic) bond motifs is 1. The zero-order valence-corrected chi connectivity index (χ0v) is 18.3. The SMILES string of the molecule is COc1ccc(C2=C(N3CCc4ccccc43)C(=O)N(CCc3ccc(F)cc3)C2=O)cc1. The van der Waals surface area contributed by atoms with Gasteiger partial charge in [0.05, 0.1) is 12.7 Å². The van der Waals surface area contributed by atoms with Crippen LogP contribution in [0.25, 0.3) is 5.57 Å². The van der Waals surface area contributed by atoms with E-state index in [1.165, 1.54) is 17.0 Å². The Morgan fingerprint density at radius 1 is 0.909 bits per heavy atom. The van der Waals surface area contributed by atoms with E-state index < -0.39 is 0 Å². The lowest BCUT2D eigenvalue weighted by molar-refractivity contribution is -0.136. The van der Waals surface area contributed by atoms with Crippen LogP contribution >= 0.6 is 0 Å². The van der Waals surface area contributed by atoms with Gasteiger partial charge in [0.25, 0.3) is 11.8 Å². The highest BCUT2D eigenvalue weighted by Crippen LogP contribution is 2.38. The Morgan fingerprint density at radius 3 is 2.36 bits per heavy atom. The number of amides is 2. The van der Waals surface area contributed by atoms with E-state index in [1.807, 2.05) is 35.2 Å². The van der Waals surface area contributed by atoms with Crippen LogP contribution in [0.5, 0.6) is 5.75 Å². The van der Waals surface area contributed by atoms with Gasteiger partial charge < -0.3 is 9.64 Å². The molecule has 3 aromatic rings. The van der Waals surface area contributed by atoms with E-state index in [9.17, 15) is 14.0 Å². The lowest BCUT2D eigenvalue weighted by atomic mass is 10.0. The minimum absolute atomic E-state index is 0.224. The summed E-state index contributed by atoms with van der Waals surface area (Å²) in [6, 6.07) is 21.3. The Hall–Kier alpha value is -3.93. The van der Waals surface area contributed by atoms with Gasteiger partial charge in [-0.25, -0.2) is 4.39 Å².